The van der Waals surface area contributed by atoms with Crippen LogP contribution in [0.2, 0.25) is 0 Å². The maximum absolute atomic E-state index is 12.3. The monoisotopic (exact) mass is 285 g/mol. The van der Waals surface area contributed by atoms with Gasteiger partial charge in [0.25, 0.3) is 0 Å². The van der Waals surface area contributed by atoms with Crippen LogP contribution in [0.5, 0.6) is 0 Å². The van der Waals surface area contributed by atoms with Crippen LogP contribution in [0.4, 0.5) is 0 Å². The lowest BCUT2D eigenvalue weighted by atomic mass is 10.1. The molecule has 0 saturated carbocycles. The Morgan fingerprint density at radius 3 is 2.26 bits per heavy atom. The van der Waals surface area contributed by atoms with Crippen molar-refractivity contribution in [2.75, 3.05) is 20.2 Å². The predicted molar refractivity (Wildman–Crippen MR) is 76.5 cm³/mol. The van der Waals surface area contributed by atoms with Crippen molar-refractivity contribution in [1.82, 2.24) is 4.31 Å². The first-order valence-electron chi connectivity index (χ1n) is 6.54. The maximum Gasteiger partial charge on any atom is 0.242 e. The van der Waals surface area contributed by atoms with Crippen LogP contribution in [-0.4, -0.2) is 38.0 Å². The molecule has 1 rings (SSSR count). The van der Waals surface area contributed by atoms with Gasteiger partial charge in [0.05, 0.1) is 4.90 Å². The van der Waals surface area contributed by atoms with Gasteiger partial charge in [0, 0.05) is 20.2 Å². The summed E-state index contributed by atoms with van der Waals surface area (Å²) >= 11 is 0. The molecule has 0 radical (unpaired) electrons. The van der Waals surface area contributed by atoms with Crippen LogP contribution in [0.15, 0.2) is 29.2 Å². The first kappa shape index (κ1) is 16.1. The summed E-state index contributed by atoms with van der Waals surface area (Å²) in [5, 5.41) is 8.83. The van der Waals surface area contributed by atoms with Crippen molar-refractivity contribution in [3.63, 3.8) is 0 Å². The summed E-state index contributed by atoms with van der Waals surface area (Å²) < 4.78 is 26.0. The summed E-state index contributed by atoms with van der Waals surface area (Å²) in [7, 11) is -1.79. The third-order valence-corrected chi connectivity index (χ3v) is 4.92. The molecule has 0 amide bonds. The highest BCUT2D eigenvalue weighted by Gasteiger charge is 2.20. The fourth-order valence-electron chi connectivity index (χ4n) is 1.70. The molecule has 0 fully saturated rings. The normalized spacial score (nSPS) is 12.3. The molecule has 108 valence electrons. The third-order valence-electron chi connectivity index (χ3n) is 3.05. The van der Waals surface area contributed by atoms with Crippen molar-refractivity contribution in [1.29, 1.82) is 0 Å². The Morgan fingerprint density at radius 1 is 1.21 bits per heavy atom. The number of sulfonamides is 1. The first-order chi connectivity index (χ1) is 8.87. The van der Waals surface area contributed by atoms with E-state index in [4.69, 9.17) is 5.11 Å². The van der Waals surface area contributed by atoms with Crippen LogP contribution < -0.4 is 0 Å². The second-order valence-corrected chi connectivity index (χ2v) is 7.17. The molecule has 0 aliphatic heterocycles. The van der Waals surface area contributed by atoms with E-state index >= 15 is 0 Å². The van der Waals surface area contributed by atoms with Gasteiger partial charge in [-0.25, -0.2) is 12.7 Å². The Morgan fingerprint density at radius 2 is 1.79 bits per heavy atom. The lowest BCUT2D eigenvalue weighted by molar-refractivity contribution is 0.299. The Bertz CT molecular complexity index is 480. The Hall–Kier alpha value is -0.910. The van der Waals surface area contributed by atoms with Gasteiger partial charge in [-0.05, 0) is 36.5 Å². The minimum Gasteiger partial charge on any atom is -0.396 e. The standard InChI is InChI=1S/C14H23NO3S/c1-12(2)8-10-15(3)19(17,18)14-6-4-13(5-7-14)9-11-16/h4-7,12,16H,8-11H2,1-3H3. The molecular weight excluding hydrogens is 262 g/mol. The lowest BCUT2D eigenvalue weighted by Crippen LogP contribution is -2.28. The molecule has 0 aromatic heterocycles. The van der Waals surface area contributed by atoms with E-state index in [1.807, 2.05) is 0 Å². The van der Waals surface area contributed by atoms with E-state index < -0.39 is 10.0 Å². The zero-order valence-electron chi connectivity index (χ0n) is 11.8. The number of hydrogen-bond acceptors (Lipinski definition) is 3. The molecule has 0 aliphatic carbocycles. The van der Waals surface area contributed by atoms with Gasteiger partial charge in [-0.3, -0.25) is 0 Å². The molecule has 4 nitrogen and oxygen atoms in total. The van der Waals surface area contributed by atoms with Crippen LogP contribution in [0.25, 0.3) is 0 Å². The van der Waals surface area contributed by atoms with Gasteiger partial charge in [-0.15, -0.1) is 0 Å². The first-order valence-corrected chi connectivity index (χ1v) is 7.98. The summed E-state index contributed by atoms with van der Waals surface area (Å²) in [4.78, 5) is 0.306. The predicted octanol–water partition coefficient (Wildman–Crippen LogP) is 1.89. The molecule has 1 aromatic carbocycles. The van der Waals surface area contributed by atoms with Crippen molar-refractivity contribution in [2.45, 2.75) is 31.6 Å². The highest BCUT2D eigenvalue weighted by atomic mass is 32.2. The van der Waals surface area contributed by atoms with Crippen molar-refractivity contribution in [3.8, 4) is 0 Å². The van der Waals surface area contributed by atoms with Gasteiger partial charge >= 0.3 is 0 Å². The van der Waals surface area contributed by atoms with E-state index in [0.29, 0.717) is 23.8 Å². The van der Waals surface area contributed by atoms with E-state index in [-0.39, 0.29) is 6.61 Å². The summed E-state index contributed by atoms with van der Waals surface area (Å²) in [6.07, 6.45) is 1.39. The van der Waals surface area contributed by atoms with Gasteiger partial charge in [0.1, 0.15) is 0 Å². The summed E-state index contributed by atoms with van der Waals surface area (Å²) in [5.74, 6) is 0.476. The summed E-state index contributed by atoms with van der Waals surface area (Å²) in [6.45, 7) is 4.74. The SMILES string of the molecule is CC(C)CCN(C)S(=O)(=O)c1ccc(CCO)cc1. The van der Waals surface area contributed by atoms with Crippen molar-refractivity contribution in [3.05, 3.63) is 29.8 Å². The van der Waals surface area contributed by atoms with E-state index in [1.165, 1.54) is 4.31 Å². The molecule has 0 saturated heterocycles. The average Bonchev–Trinajstić information content (AvgIpc) is 2.36. The van der Waals surface area contributed by atoms with Crippen molar-refractivity contribution in [2.24, 2.45) is 5.92 Å². The van der Waals surface area contributed by atoms with Crippen LogP contribution in [0, 0.1) is 5.92 Å². The number of benzene rings is 1. The fourth-order valence-corrected chi connectivity index (χ4v) is 2.88. The number of aliphatic hydroxyl groups is 1. The Balaban J connectivity index is 2.81. The zero-order chi connectivity index (χ0) is 14.5. The van der Waals surface area contributed by atoms with E-state index in [1.54, 1.807) is 31.3 Å². The Kier molecular flexibility index (Phi) is 5.97. The molecule has 0 aliphatic rings. The number of nitrogens with zero attached hydrogens (tertiary/aromatic N) is 1. The van der Waals surface area contributed by atoms with E-state index in [2.05, 4.69) is 13.8 Å². The molecule has 0 atom stereocenters. The second-order valence-electron chi connectivity index (χ2n) is 5.13. The summed E-state index contributed by atoms with van der Waals surface area (Å²) in [5.41, 5.74) is 0.936. The minimum atomic E-state index is -3.40. The molecule has 0 bridgehead atoms. The molecule has 5 heteroatoms. The smallest absolute Gasteiger partial charge is 0.242 e. The molecule has 0 heterocycles. The van der Waals surface area contributed by atoms with E-state index in [9.17, 15) is 8.42 Å². The van der Waals surface area contributed by atoms with Crippen LogP contribution in [-0.2, 0) is 16.4 Å². The second kappa shape index (κ2) is 7.03. The average molecular weight is 285 g/mol. The quantitative estimate of drug-likeness (QED) is 0.832. The molecule has 1 N–H and O–H groups in total. The van der Waals surface area contributed by atoms with Gasteiger partial charge in [0.15, 0.2) is 0 Å². The zero-order valence-corrected chi connectivity index (χ0v) is 12.7. The topological polar surface area (TPSA) is 57.6 Å². The number of hydrogen-bond donors (Lipinski definition) is 1. The number of rotatable bonds is 7. The fraction of sp³-hybridized carbons (Fsp3) is 0.571. The molecule has 19 heavy (non-hydrogen) atoms. The van der Waals surface area contributed by atoms with Crippen molar-refractivity contribution < 1.29 is 13.5 Å². The highest BCUT2D eigenvalue weighted by Crippen LogP contribution is 2.16. The largest absolute Gasteiger partial charge is 0.396 e. The number of aliphatic hydroxyl groups excluding tert-OH is 1. The molecule has 1 aromatic rings. The Labute approximate surface area is 116 Å². The van der Waals surface area contributed by atoms with Crippen LogP contribution >= 0.6 is 0 Å². The third kappa shape index (κ3) is 4.60. The van der Waals surface area contributed by atoms with Crippen molar-refractivity contribution >= 4 is 10.0 Å². The van der Waals surface area contributed by atoms with Gasteiger partial charge in [0.2, 0.25) is 10.0 Å². The summed E-state index contributed by atoms with van der Waals surface area (Å²) in [6, 6.07) is 6.71. The van der Waals surface area contributed by atoms with Gasteiger partial charge in [-0.2, -0.15) is 0 Å². The highest BCUT2D eigenvalue weighted by molar-refractivity contribution is 7.89. The lowest BCUT2D eigenvalue weighted by Gasteiger charge is -2.18. The van der Waals surface area contributed by atoms with Crippen LogP contribution in [0.1, 0.15) is 25.8 Å². The molecular formula is C14H23NO3S. The van der Waals surface area contributed by atoms with Crippen LogP contribution in [0.3, 0.4) is 0 Å². The van der Waals surface area contributed by atoms with Gasteiger partial charge < -0.3 is 5.11 Å². The molecule has 0 spiro atoms. The maximum atomic E-state index is 12.3. The van der Waals surface area contributed by atoms with E-state index in [0.717, 1.165) is 12.0 Å². The minimum absolute atomic E-state index is 0.0698. The molecule has 0 unspecified atom stereocenters. The van der Waals surface area contributed by atoms with Gasteiger partial charge in [-0.1, -0.05) is 26.0 Å².